The zero-order valence-electron chi connectivity index (χ0n) is 17.0. The van der Waals surface area contributed by atoms with Gasteiger partial charge in [-0.15, -0.1) is 0 Å². The molecule has 0 heterocycles. The van der Waals surface area contributed by atoms with Crippen LogP contribution >= 0.6 is 0 Å². The topological polar surface area (TPSA) is 176 Å². The molecule has 0 rings (SSSR count). The number of aliphatic carboxylic acids is 2. The molecule has 170 valence electrons. The van der Waals surface area contributed by atoms with E-state index in [-0.39, 0.29) is 0 Å². The van der Waals surface area contributed by atoms with E-state index in [4.69, 9.17) is 39.4 Å². The van der Waals surface area contributed by atoms with Crippen LogP contribution in [0.3, 0.4) is 0 Å². The van der Waals surface area contributed by atoms with Crippen LogP contribution in [0.15, 0.2) is 0 Å². The standard InChI is InChI=1S/2C6H15NO2.C4H6O6/c2*1-8-5-3-7-4-6-9-2;5-1(3(7)8)2(6)4(9)10/h2*7H,3-6H2,1-2H3;1-2,5-6H,(H,7,8)(H,9,10). The van der Waals surface area contributed by atoms with Crippen molar-refractivity contribution in [3.8, 4) is 0 Å². The van der Waals surface area contributed by atoms with Crippen molar-refractivity contribution in [1.82, 2.24) is 10.6 Å². The second-order valence-electron chi connectivity index (χ2n) is 5.04. The molecule has 0 aromatic rings. The van der Waals surface area contributed by atoms with Gasteiger partial charge in [0.15, 0.2) is 12.2 Å². The Kier molecular flexibility index (Phi) is 28.7. The van der Waals surface area contributed by atoms with Gasteiger partial charge in [-0.25, -0.2) is 9.59 Å². The third-order valence-electron chi connectivity index (χ3n) is 2.74. The molecule has 0 radical (unpaired) electrons. The highest BCUT2D eigenvalue weighted by molar-refractivity contribution is 5.83. The van der Waals surface area contributed by atoms with Crippen LogP contribution in [0.1, 0.15) is 0 Å². The predicted molar refractivity (Wildman–Crippen MR) is 101 cm³/mol. The molecule has 6 N–H and O–H groups in total. The van der Waals surface area contributed by atoms with E-state index in [1.165, 1.54) is 0 Å². The normalized spacial score (nSPS) is 12.1. The smallest absolute Gasteiger partial charge is 0.335 e. The van der Waals surface area contributed by atoms with Crippen LogP contribution in [-0.2, 0) is 28.5 Å². The van der Waals surface area contributed by atoms with Crippen LogP contribution < -0.4 is 10.6 Å². The third-order valence-corrected chi connectivity index (χ3v) is 2.74. The second kappa shape index (κ2) is 25.6. The molecule has 0 aromatic carbocycles. The molecule has 0 amide bonds. The quantitative estimate of drug-likeness (QED) is 0.156. The number of ether oxygens (including phenoxy) is 4. The highest BCUT2D eigenvalue weighted by Gasteiger charge is 2.29. The zero-order valence-corrected chi connectivity index (χ0v) is 17.0. The van der Waals surface area contributed by atoms with Gasteiger partial charge in [-0.2, -0.15) is 0 Å². The summed E-state index contributed by atoms with van der Waals surface area (Å²) in [7, 11) is 6.77. The molecular formula is C16H36N2O10. The van der Waals surface area contributed by atoms with Gasteiger partial charge in [0.1, 0.15) is 0 Å². The van der Waals surface area contributed by atoms with Gasteiger partial charge in [0.2, 0.25) is 0 Å². The molecule has 0 saturated heterocycles. The molecule has 28 heavy (non-hydrogen) atoms. The van der Waals surface area contributed by atoms with Crippen LogP contribution in [0.5, 0.6) is 0 Å². The Labute approximate surface area is 165 Å². The summed E-state index contributed by atoms with van der Waals surface area (Å²) in [6.45, 7) is 6.68. The fourth-order valence-electron chi connectivity index (χ4n) is 1.22. The van der Waals surface area contributed by atoms with E-state index in [2.05, 4.69) is 10.6 Å². The number of hydrogen-bond acceptors (Lipinski definition) is 10. The maximum Gasteiger partial charge on any atom is 0.335 e. The number of carboxylic acids is 2. The highest BCUT2D eigenvalue weighted by Crippen LogP contribution is 1.92. The number of carboxylic acid groups (broad SMARTS) is 2. The van der Waals surface area contributed by atoms with Gasteiger partial charge in [-0.05, 0) is 0 Å². The van der Waals surface area contributed by atoms with Crippen molar-refractivity contribution >= 4 is 11.9 Å². The highest BCUT2D eigenvalue weighted by atomic mass is 16.5. The summed E-state index contributed by atoms with van der Waals surface area (Å²) in [5.41, 5.74) is 0. The van der Waals surface area contributed by atoms with Crippen molar-refractivity contribution in [1.29, 1.82) is 0 Å². The maximum atomic E-state index is 9.77. The Balaban J connectivity index is -0.000000336. The SMILES string of the molecule is COCCNCCOC.COCCNCCOC.O=C(O)C(O)C(O)C(=O)O. The van der Waals surface area contributed by atoms with Gasteiger partial charge < -0.3 is 50.0 Å². The van der Waals surface area contributed by atoms with E-state index in [0.717, 1.165) is 52.6 Å². The first-order valence-corrected chi connectivity index (χ1v) is 8.48. The van der Waals surface area contributed by atoms with Crippen LogP contribution in [0.2, 0.25) is 0 Å². The van der Waals surface area contributed by atoms with Crippen molar-refractivity contribution in [2.45, 2.75) is 12.2 Å². The average Bonchev–Trinajstić information content (AvgIpc) is 2.67. The molecule has 12 nitrogen and oxygen atoms in total. The summed E-state index contributed by atoms with van der Waals surface area (Å²) in [6, 6.07) is 0. The summed E-state index contributed by atoms with van der Waals surface area (Å²) < 4.78 is 19.3. The Hall–Kier alpha value is -1.38. The van der Waals surface area contributed by atoms with E-state index in [1.54, 1.807) is 28.4 Å². The van der Waals surface area contributed by atoms with Crippen molar-refractivity contribution < 1.29 is 49.0 Å². The van der Waals surface area contributed by atoms with E-state index in [1.807, 2.05) is 0 Å². The lowest BCUT2D eigenvalue weighted by Gasteiger charge is -2.07. The van der Waals surface area contributed by atoms with E-state index < -0.39 is 24.1 Å². The zero-order chi connectivity index (χ0) is 22.2. The van der Waals surface area contributed by atoms with Crippen LogP contribution in [-0.4, -0.2) is 126 Å². The maximum absolute atomic E-state index is 9.77. The van der Waals surface area contributed by atoms with E-state index in [9.17, 15) is 9.59 Å². The number of rotatable bonds is 15. The molecule has 0 aliphatic carbocycles. The molecule has 0 saturated carbocycles. The van der Waals surface area contributed by atoms with Crippen LogP contribution in [0.4, 0.5) is 0 Å². The van der Waals surface area contributed by atoms with E-state index >= 15 is 0 Å². The minimum absolute atomic E-state index is 0.768. The molecule has 0 spiro atoms. The summed E-state index contributed by atoms with van der Waals surface area (Å²) in [4.78, 5) is 19.5. The Morgan fingerprint density at radius 3 is 1.00 bits per heavy atom. The molecule has 0 aromatic heterocycles. The molecular weight excluding hydrogens is 380 g/mol. The number of methoxy groups -OCH3 is 4. The van der Waals surface area contributed by atoms with Crippen molar-refractivity contribution in [3.05, 3.63) is 0 Å². The molecule has 2 atom stereocenters. The third kappa shape index (κ3) is 26.8. The van der Waals surface area contributed by atoms with Crippen molar-refractivity contribution in [2.24, 2.45) is 0 Å². The Morgan fingerprint density at radius 1 is 0.643 bits per heavy atom. The summed E-state index contributed by atoms with van der Waals surface area (Å²) in [5.74, 6) is -3.54. The van der Waals surface area contributed by atoms with Gasteiger partial charge in [0, 0.05) is 54.6 Å². The first-order chi connectivity index (χ1) is 13.3. The fourth-order valence-corrected chi connectivity index (χ4v) is 1.22. The van der Waals surface area contributed by atoms with Crippen molar-refractivity contribution in [3.63, 3.8) is 0 Å². The number of aliphatic hydroxyl groups excluding tert-OH is 2. The largest absolute Gasteiger partial charge is 0.479 e. The first kappa shape index (κ1) is 31.3. The van der Waals surface area contributed by atoms with E-state index in [0.29, 0.717) is 0 Å². The van der Waals surface area contributed by atoms with Gasteiger partial charge in [-0.1, -0.05) is 0 Å². The summed E-state index contributed by atoms with van der Waals surface area (Å²) >= 11 is 0. The molecule has 0 bridgehead atoms. The summed E-state index contributed by atoms with van der Waals surface area (Å²) in [6.07, 6.45) is -4.53. The lowest BCUT2D eigenvalue weighted by atomic mass is 10.2. The monoisotopic (exact) mass is 416 g/mol. The Bertz CT molecular complexity index is 303. The molecule has 0 aliphatic heterocycles. The molecule has 12 heteroatoms. The van der Waals surface area contributed by atoms with Gasteiger partial charge in [0.25, 0.3) is 0 Å². The Morgan fingerprint density at radius 2 is 0.857 bits per heavy atom. The minimum Gasteiger partial charge on any atom is -0.479 e. The molecule has 2 unspecified atom stereocenters. The molecule has 0 fully saturated rings. The molecule has 0 aliphatic rings. The van der Waals surface area contributed by atoms with Crippen LogP contribution in [0, 0.1) is 0 Å². The number of nitrogens with one attached hydrogen (secondary N) is 2. The predicted octanol–water partition coefficient (Wildman–Crippen LogP) is -2.38. The average molecular weight is 416 g/mol. The van der Waals surface area contributed by atoms with Gasteiger partial charge in [-0.3, -0.25) is 0 Å². The second-order valence-corrected chi connectivity index (χ2v) is 5.04. The van der Waals surface area contributed by atoms with Gasteiger partial charge >= 0.3 is 11.9 Å². The minimum atomic E-state index is -2.27. The number of carbonyl (C=O) groups is 2. The lowest BCUT2D eigenvalue weighted by Crippen LogP contribution is -2.39. The van der Waals surface area contributed by atoms with Crippen LogP contribution in [0.25, 0.3) is 0 Å². The fraction of sp³-hybridized carbons (Fsp3) is 0.875. The summed E-state index contributed by atoms with van der Waals surface area (Å²) in [5, 5.41) is 38.8. The number of hydrogen-bond donors (Lipinski definition) is 6. The number of aliphatic hydroxyl groups is 2. The van der Waals surface area contributed by atoms with Crippen molar-refractivity contribution in [2.75, 3.05) is 81.0 Å². The first-order valence-electron chi connectivity index (χ1n) is 8.48. The lowest BCUT2D eigenvalue weighted by molar-refractivity contribution is -0.165. The van der Waals surface area contributed by atoms with Gasteiger partial charge in [0.05, 0.1) is 26.4 Å².